The van der Waals surface area contributed by atoms with Crippen molar-refractivity contribution in [2.24, 2.45) is 0 Å². The van der Waals surface area contributed by atoms with Crippen molar-refractivity contribution >= 4 is 25.5 Å². The Labute approximate surface area is 334 Å². The molecule has 11 heteroatoms. The molecular formula is C44H76NO9P. The maximum atomic E-state index is 12.6. The molecule has 0 rings (SSSR count). The van der Waals surface area contributed by atoms with E-state index in [1.165, 1.54) is 51.0 Å². The molecule has 55 heavy (non-hydrogen) atoms. The zero-order valence-electron chi connectivity index (χ0n) is 35.1. The van der Waals surface area contributed by atoms with Crippen molar-refractivity contribution < 1.29 is 46.8 Å². The van der Waals surface area contributed by atoms with Crippen LogP contribution in [0.2, 0.25) is 0 Å². The lowest BCUT2D eigenvalue weighted by molar-refractivity contribution is -0.870. The average molecular weight is 794 g/mol. The second-order valence-electron chi connectivity index (χ2n) is 15.0. The number of esters is 2. The Balaban J connectivity index is 4.63. The van der Waals surface area contributed by atoms with E-state index < -0.39 is 32.5 Å². The van der Waals surface area contributed by atoms with Crippen LogP contribution in [0.5, 0.6) is 0 Å². The van der Waals surface area contributed by atoms with Crippen molar-refractivity contribution in [3.8, 4) is 0 Å². The lowest BCUT2D eigenvalue weighted by atomic mass is 10.1. The van der Waals surface area contributed by atoms with E-state index in [-0.39, 0.29) is 44.7 Å². The van der Waals surface area contributed by atoms with Crippen LogP contribution in [0.25, 0.3) is 0 Å². The quantitative estimate of drug-likeness (QED) is 0.0115. The number of hydrogen-bond donors (Lipinski definition) is 0. The topological polar surface area (TPSA) is 128 Å². The number of hydrogen-bond acceptors (Lipinski definition) is 9. The van der Waals surface area contributed by atoms with Gasteiger partial charge in [-0.1, -0.05) is 120 Å². The summed E-state index contributed by atoms with van der Waals surface area (Å²) >= 11 is 0. The van der Waals surface area contributed by atoms with Crippen LogP contribution in [0, 0.1) is 0 Å². The van der Waals surface area contributed by atoms with Crippen molar-refractivity contribution in [3.05, 3.63) is 60.8 Å². The molecule has 2 atom stereocenters. The summed E-state index contributed by atoms with van der Waals surface area (Å²) in [5, 5.41) is 0. The number of likely N-dealkylation sites (N-methyl/N-ethyl adjacent to an activating group) is 1. The minimum atomic E-state index is -4.69. The van der Waals surface area contributed by atoms with E-state index in [1.807, 2.05) is 33.3 Å². The van der Waals surface area contributed by atoms with Gasteiger partial charge < -0.3 is 27.9 Å². The molecule has 0 fully saturated rings. The number of phosphoric ester groups is 1. The van der Waals surface area contributed by atoms with Gasteiger partial charge in [0.25, 0.3) is 7.82 Å². The molecule has 0 bridgehead atoms. The molecule has 0 saturated carbocycles. The highest BCUT2D eigenvalue weighted by atomic mass is 31.2. The summed E-state index contributed by atoms with van der Waals surface area (Å²) in [6, 6.07) is 0. The van der Waals surface area contributed by atoms with Gasteiger partial charge in [0.15, 0.2) is 11.9 Å². The smallest absolute Gasteiger partial charge is 0.306 e. The number of unbranched alkanes of at least 4 members (excludes halogenated alkanes) is 12. The van der Waals surface area contributed by atoms with E-state index in [0.717, 1.165) is 57.8 Å². The molecule has 0 aliphatic carbocycles. The molecule has 1 unspecified atom stereocenters. The average Bonchev–Trinajstić information content (AvgIpc) is 3.12. The summed E-state index contributed by atoms with van der Waals surface area (Å²) in [6.07, 6.45) is 38.3. The minimum absolute atomic E-state index is 0.0680. The van der Waals surface area contributed by atoms with E-state index in [2.05, 4.69) is 50.3 Å². The number of quaternary nitrogens is 1. The van der Waals surface area contributed by atoms with Gasteiger partial charge in [0, 0.05) is 19.3 Å². The number of ketones is 1. The highest BCUT2D eigenvalue weighted by molar-refractivity contribution is 7.45. The Morgan fingerprint density at radius 1 is 0.618 bits per heavy atom. The van der Waals surface area contributed by atoms with Gasteiger partial charge in [-0.2, -0.15) is 0 Å². The van der Waals surface area contributed by atoms with E-state index in [9.17, 15) is 23.8 Å². The monoisotopic (exact) mass is 794 g/mol. The maximum Gasteiger partial charge on any atom is 0.306 e. The van der Waals surface area contributed by atoms with Gasteiger partial charge >= 0.3 is 11.9 Å². The second-order valence-corrected chi connectivity index (χ2v) is 16.4. The third-order valence-electron chi connectivity index (χ3n) is 8.49. The zero-order chi connectivity index (χ0) is 40.9. The highest BCUT2D eigenvalue weighted by Crippen LogP contribution is 2.38. The van der Waals surface area contributed by atoms with Crippen LogP contribution in [-0.4, -0.2) is 75.8 Å². The van der Waals surface area contributed by atoms with E-state index in [0.29, 0.717) is 17.4 Å². The van der Waals surface area contributed by atoms with E-state index in [1.54, 1.807) is 6.08 Å². The van der Waals surface area contributed by atoms with Crippen LogP contribution >= 0.6 is 7.82 Å². The van der Waals surface area contributed by atoms with Crippen LogP contribution < -0.4 is 4.89 Å². The number of carbonyl (C=O) groups is 3. The molecule has 0 aromatic rings. The number of nitrogens with zero attached hydrogens (tertiary/aromatic N) is 1. The normalized spacial score (nSPS) is 14.1. The Kier molecular flexibility index (Phi) is 34.1. The maximum absolute atomic E-state index is 12.6. The predicted octanol–water partition coefficient (Wildman–Crippen LogP) is 10.2. The van der Waals surface area contributed by atoms with Crippen molar-refractivity contribution in [3.63, 3.8) is 0 Å². The first-order valence-corrected chi connectivity index (χ1v) is 22.4. The van der Waals surface area contributed by atoms with Gasteiger partial charge in [0.1, 0.15) is 19.8 Å². The van der Waals surface area contributed by atoms with Gasteiger partial charge in [-0.15, -0.1) is 0 Å². The summed E-state index contributed by atoms with van der Waals surface area (Å²) in [4.78, 5) is 49.7. The minimum Gasteiger partial charge on any atom is -0.756 e. The van der Waals surface area contributed by atoms with E-state index in [4.69, 9.17) is 18.5 Å². The zero-order valence-corrected chi connectivity index (χ0v) is 36.0. The van der Waals surface area contributed by atoms with Gasteiger partial charge in [-0.3, -0.25) is 18.9 Å². The van der Waals surface area contributed by atoms with E-state index >= 15 is 0 Å². The molecule has 0 amide bonds. The van der Waals surface area contributed by atoms with Crippen molar-refractivity contribution in [2.45, 2.75) is 155 Å². The summed E-state index contributed by atoms with van der Waals surface area (Å²) < 4.78 is 33.6. The molecule has 0 aliphatic heterocycles. The number of allylic oxidation sites excluding steroid dienone is 10. The van der Waals surface area contributed by atoms with Gasteiger partial charge in [0.05, 0.1) is 27.7 Å². The molecule has 0 spiro atoms. The third-order valence-corrected chi connectivity index (χ3v) is 9.45. The van der Waals surface area contributed by atoms with Crippen LogP contribution in [0.4, 0.5) is 0 Å². The Bertz CT molecular complexity index is 1190. The van der Waals surface area contributed by atoms with Crippen molar-refractivity contribution in [2.75, 3.05) is 47.5 Å². The molecule has 316 valence electrons. The van der Waals surface area contributed by atoms with Gasteiger partial charge in [0.2, 0.25) is 0 Å². The fourth-order valence-corrected chi connectivity index (χ4v) is 5.86. The molecule has 0 N–H and O–H groups in total. The summed E-state index contributed by atoms with van der Waals surface area (Å²) in [5.74, 6) is -1.23. The lowest BCUT2D eigenvalue weighted by Crippen LogP contribution is -2.37. The van der Waals surface area contributed by atoms with Crippen LogP contribution in [-0.2, 0) is 37.5 Å². The molecule has 0 aromatic carbocycles. The largest absolute Gasteiger partial charge is 0.756 e. The standard InChI is InChI=1S/C44H76NO9P/c1-6-8-10-12-14-16-18-20-22-24-26-28-30-33-41(46)34-32-36-44(48)54-42(40-53-55(49,50)52-38-37-45(3,4)5)39-51-43(47)35-31-29-27-25-23-21-19-17-15-13-11-9-7-2/h14,16-17,19-20,22,26,28,30,33,42H,6-13,15,18,21,23-25,27,29,31-32,34-40H2,1-5H3/b16-14-,19-17-,22-20-,28-26-,33-30+/t42-/m1/s1. The molecule has 0 aliphatic rings. The Morgan fingerprint density at radius 3 is 1.84 bits per heavy atom. The Morgan fingerprint density at radius 2 is 1.16 bits per heavy atom. The fourth-order valence-electron chi connectivity index (χ4n) is 5.13. The summed E-state index contributed by atoms with van der Waals surface area (Å²) in [5.41, 5.74) is 0. The molecule has 0 aromatic heterocycles. The number of phosphoric acid groups is 1. The van der Waals surface area contributed by atoms with Crippen molar-refractivity contribution in [1.82, 2.24) is 0 Å². The molecule has 0 heterocycles. The number of ether oxygens (including phenoxy) is 2. The lowest BCUT2D eigenvalue weighted by Gasteiger charge is -2.28. The SMILES string of the molecule is CCCCC/C=C\C/C=C\C/C=C\C=C\C(=O)CCCC(=O)O[C@H](COC(=O)CCCCCCC/C=C\CCCCCC)COP(=O)([O-])OCC[N+](C)(C)C. The fraction of sp³-hybridized carbons (Fsp3) is 0.705. The summed E-state index contributed by atoms with van der Waals surface area (Å²) in [6.45, 7) is 3.86. The summed E-state index contributed by atoms with van der Waals surface area (Å²) in [7, 11) is 1.01. The molecule has 10 nitrogen and oxygen atoms in total. The third kappa shape index (κ3) is 39.4. The molecular weight excluding hydrogens is 717 g/mol. The van der Waals surface area contributed by atoms with Crippen LogP contribution in [0.3, 0.4) is 0 Å². The van der Waals surface area contributed by atoms with Gasteiger partial charge in [-0.25, -0.2) is 0 Å². The first-order chi connectivity index (χ1) is 26.4. The van der Waals surface area contributed by atoms with Crippen LogP contribution in [0.15, 0.2) is 60.8 Å². The highest BCUT2D eigenvalue weighted by Gasteiger charge is 2.22. The van der Waals surface area contributed by atoms with Crippen molar-refractivity contribution in [1.29, 1.82) is 0 Å². The number of rotatable bonds is 37. The van der Waals surface area contributed by atoms with Gasteiger partial charge in [-0.05, 0) is 70.3 Å². The first kappa shape index (κ1) is 52.4. The first-order valence-electron chi connectivity index (χ1n) is 20.9. The molecule has 0 saturated heterocycles. The molecule has 0 radical (unpaired) electrons. The number of carbonyl (C=O) groups excluding carboxylic acids is 3. The Hall–Kier alpha value is -2.62. The van der Waals surface area contributed by atoms with Crippen LogP contribution in [0.1, 0.15) is 149 Å². The second kappa shape index (κ2) is 35.8. The predicted molar refractivity (Wildman–Crippen MR) is 222 cm³/mol.